The largest absolute Gasteiger partial charge is 0.341 e. The second kappa shape index (κ2) is 6.11. The van der Waals surface area contributed by atoms with Gasteiger partial charge in [0.05, 0.1) is 10.6 Å². The topological polar surface area (TPSA) is 33.2 Å². The van der Waals surface area contributed by atoms with Crippen LogP contribution in [0.1, 0.15) is 16.1 Å². The van der Waals surface area contributed by atoms with Crippen molar-refractivity contribution in [2.45, 2.75) is 6.92 Å². The normalized spacial score (nSPS) is 10.2. The molecule has 0 fully saturated rings. The van der Waals surface area contributed by atoms with Gasteiger partial charge in [-0.3, -0.25) is 9.78 Å². The van der Waals surface area contributed by atoms with Gasteiger partial charge in [-0.2, -0.15) is 11.8 Å². The summed E-state index contributed by atoms with van der Waals surface area (Å²) >= 11 is 7.72. The number of hydrogen-bond acceptors (Lipinski definition) is 3. The molecule has 88 valence electrons. The van der Waals surface area contributed by atoms with E-state index in [1.807, 2.05) is 13.2 Å². The molecule has 3 nitrogen and oxygen atoms in total. The molecule has 5 heteroatoms. The zero-order valence-corrected chi connectivity index (χ0v) is 11.2. The van der Waals surface area contributed by atoms with E-state index in [2.05, 4.69) is 4.98 Å². The lowest BCUT2D eigenvalue weighted by molar-refractivity contribution is 0.0803. The van der Waals surface area contributed by atoms with Crippen molar-refractivity contribution < 1.29 is 4.79 Å². The molecule has 1 heterocycles. The minimum Gasteiger partial charge on any atom is -0.341 e. The van der Waals surface area contributed by atoms with Crippen LogP contribution in [0.15, 0.2) is 12.3 Å². The quantitative estimate of drug-likeness (QED) is 0.832. The van der Waals surface area contributed by atoms with Gasteiger partial charge in [0.15, 0.2) is 0 Å². The summed E-state index contributed by atoms with van der Waals surface area (Å²) in [5, 5.41) is 0.466. The molecule has 0 unspecified atom stereocenters. The van der Waals surface area contributed by atoms with Crippen molar-refractivity contribution >= 4 is 29.3 Å². The van der Waals surface area contributed by atoms with E-state index in [0.717, 1.165) is 11.4 Å². The fourth-order valence-electron chi connectivity index (χ4n) is 1.22. The molecule has 0 aliphatic rings. The monoisotopic (exact) mass is 258 g/mol. The maximum absolute atomic E-state index is 12.0. The summed E-state index contributed by atoms with van der Waals surface area (Å²) < 4.78 is 0. The van der Waals surface area contributed by atoms with Gasteiger partial charge in [0.2, 0.25) is 0 Å². The molecule has 0 bridgehead atoms. The minimum atomic E-state index is -0.0773. The Balaban J connectivity index is 2.79. The van der Waals surface area contributed by atoms with Crippen molar-refractivity contribution in [1.82, 2.24) is 9.88 Å². The van der Waals surface area contributed by atoms with Gasteiger partial charge in [0.1, 0.15) is 0 Å². The number of aryl methyl sites for hydroxylation is 1. The van der Waals surface area contributed by atoms with Crippen LogP contribution in [0.5, 0.6) is 0 Å². The van der Waals surface area contributed by atoms with Crippen LogP contribution in [0.3, 0.4) is 0 Å². The molecule has 0 aliphatic carbocycles. The lowest BCUT2D eigenvalue weighted by Gasteiger charge is -2.17. The molecule has 0 aliphatic heterocycles. The van der Waals surface area contributed by atoms with Crippen LogP contribution in [-0.4, -0.2) is 41.4 Å². The molecule has 1 rings (SSSR count). The highest BCUT2D eigenvalue weighted by molar-refractivity contribution is 7.98. The Kier molecular flexibility index (Phi) is 5.09. The Morgan fingerprint density at radius 1 is 1.62 bits per heavy atom. The second-order valence-electron chi connectivity index (χ2n) is 3.53. The highest BCUT2D eigenvalue weighted by Gasteiger charge is 2.15. The Bertz CT molecular complexity index is 384. The van der Waals surface area contributed by atoms with Crippen molar-refractivity contribution in [2.24, 2.45) is 0 Å². The highest BCUT2D eigenvalue weighted by atomic mass is 35.5. The van der Waals surface area contributed by atoms with E-state index in [0.29, 0.717) is 17.1 Å². The van der Waals surface area contributed by atoms with Crippen molar-refractivity contribution in [3.63, 3.8) is 0 Å². The van der Waals surface area contributed by atoms with Gasteiger partial charge in [0.25, 0.3) is 5.91 Å². The number of aromatic nitrogens is 1. The number of pyridine rings is 1. The van der Waals surface area contributed by atoms with E-state index in [1.54, 1.807) is 29.8 Å². The highest BCUT2D eigenvalue weighted by Crippen LogP contribution is 2.17. The van der Waals surface area contributed by atoms with Crippen LogP contribution < -0.4 is 0 Å². The van der Waals surface area contributed by atoms with Gasteiger partial charge in [-0.15, -0.1) is 0 Å². The summed E-state index contributed by atoms with van der Waals surface area (Å²) in [4.78, 5) is 17.7. The summed E-state index contributed by atoms with van der Waals surface area (Å²) in [5.74, 6) is 0.839. The molecule has 0 atom stereocenters. The fourth-order valence-corrected chi connectivity index (χ4v) is 1.96. The Morgan fingerprint density at radius 3 is 2.88 bits per heavy atom. The van der Waals surface area contributed by atoms with Crippen LogP contribution in [0.2, 0.25) is 5.02 Å². The zero-order chi connectivity index (χ0) is 12.1. The SMILES string of the molecule is CSCCN(C)C(=O)c1cnc(C)cc1Cl. The van der Waals surface area contributed by atoms with Crippen LogP contribution in [0, 0.1) is 6.92 Å². The molecule has 16 heavy (non-hydrogen) atoms. The number of nitrogens with zero attached hydrogens (tertiary/aromatic N) is 2. The van der Waals surface area contributed by atoms with Gasteiger partial charge in [0, 0.05) is 31.2 Å². The van der Waals surface area contributed by atoms with E-state index in [9.17, 15) is 4.79 Å². The molecule has 0 aromatic carbocycles. The maximum atomic E-state index is 12.0. The first-order valence-corrected chi connectivity index (χ1v) is 6.70. The molecule has 0 spiro atoms. The number of rotatable bonds is 4. The summed E-state index contributed by atoms with van der Waals surface area (Å²) in [6.07, 6.45) is 3.55. The predicted octanol–water partition coefficient (Wildman–Crippen LogP) is 2.48. The van der Waals surface area contributed by atoms with Crippen LogP contribution in [0.25, 0.3) is 0 Å². The van der Waals surface area contributed by atoms with E-state index < -0.39 is 0 Å². The molecule has 0 radical (unpaired) electrons. The summed E-state index contributed by atoms with van der Waals surface area (Å²) in [5.41, 5.74) is 1.28. The van der Waals surface area contributed by atoms with Crippen LogP contribution in [0.4, 0.5) is 0 Å². The molecule has 0 saturated carbocycles. The first-order valence-electron chi connectivity index (χ1n) is 4.92. The lowest BCUT2D eigenvalue weighted by Crippen LogP contribution is -2.29. The number of hydrogen-bond donors (Lipinski definition) is 0. The molecular formula is C11H15ClN2OS. The third kappa shape index (κ3) is 3.39. The molecule has 0 saturated heterocycles. The lowest BCUT2D eigenvalue weighted by atomic mass is 10.2. The Hall–Kier alpha value is -0.740. The van der Waals surface area contributed by atoms with Gasteiger partial charge in [-0.1, -0.05) is 11.6 Å². The van der Waals surface area contributed by atoms with Crippen molar-refractivity contribution in [1.29, 1.82) is 0 Å². The van der Waals surface area contributed by atoms with Crippen molar-refractivity contribution in [3.8, 4) is 0 Å². The van der Waals surface area contributed by atoms with Gasteiger partial charge >= 0.3 is 0 Å². The average molecular weight is 259 g/mol. The fraction of sp³-hybridized carbons (Fsp3) is 0.455. The third-order valence-electron chi connectivity index (χ3n) is 2.20. The standard InChI is InChI=1S/C11H15ClN2OS/c1-8-6-10(12)9(7-13-8)11(15)14(2)4-5-16-3/h6-7H,4-5H2,1-3H3. The van der Waals surface area contributed by atoms with E-state index in [-0.39, 0.29) is 5.91 Å². The van der Waals surface area contributed by atoms with Crippen molar-refractivity contribution in [3.05, 3.63) is 28.5 Å². The predicted molar refractivity (Wildman–Crippen MR) is 69.3 cm³/mol. The number of amides is 1. The molecular weight excluding hydrogens is 244 g/mol. The summed E-state index contributed by atoms with van der Waals surface area (Å²) in [6.45, 7) is 2.56. The molecule has 1 aromatic heterocycles. The Morgan fingerprint density at radius 2 is 2.31 bits per heavy atom. The summed E-state index contributed by atoms with van der Waals surface area (Å²) in [6, 6.07) is 1.71. The first-order chi connectivity index (χ1) is 7.56. The minimum absolute atomic E-state index is 0.0773. The molecule has 1 aromatic rings. The van der Waals surface area contributed by atoms with Crippen LogP contribution >= 0.6 is 23.4 Å². The van der Waals surface area contributed by atoms with E-state index >= 15 is 0 Å². The average Bonchev–Trinajstić information content (AvgIpc) is 2.25. The third-order valence-corrected chi connectivity index (χ3v) is 3.10. The summed E-state index contributed by atoms with van der Waals surface area (Å²) in [7, 11) is 1.77. The zero-order valence-electron chi connectivity index (χ0n) is 9.66. The Labute approximate surface area is 105 Å². The molecule has 0 N–H and O–H groups in total. The number of thioether (sulfide) groups is 1. The number of carbonyl (C=O) groups excluding carboxylic acids is 1. The van der Waals surface area contributed by atoms with Gasteiger partial charge in [-0.05, 0) is 19.2 Å². The van der Waals surface area contributed by atoms with Crippen molar-refractivity contribution in [2.75, 3.05) is 25.6 Å². The molecule has 1 amide bonds. The smallest absolute Gasteiger partial charge is 0.256 e. The van der Waals surface area contributed by atoms with E-state index in [1.165, 1.54) is 6.20 Å². The number of carbonyl (C=O) groups is 1. The number of halogens is 1. The van der Waals surface area contributed by atoms with Crippen LogP contribution in [-0.2, 0) is 0 Å². The van der Waals surface area contributed by atoms with Gasteiger partial charge < -0.3 is 4.90 Å². The first kappa shape index (κ1) is 13.3. The van der Waals surface area contributed by atoms with Gasteiger partial charge in [-0.25, -0.2) is 0 Å². The second-order valence-corrected chi connectivity index (χ2v) is 4.92. The van der Waals surface area contributed by atoms with E-state index in [4.69, 9.17) is 11.6 Å². The maximum Gasteiger partial charge on any atom is 0.256 e.